The quantitative estimate of drug-likeness (QED) is 0.499. The van der Waals surface area contributed by atoms with Crippen LogP contribution in [0.25, 0.3) is 0 Å². The van der Waals surface area contributed by atoms with Gasteiger partial charge in [-0.3, -0.25) is 0 Å². The Bertz CT molecular complexity index is 336. The van der Waals surface area contributed by atoms with Gasteiger partial charge in [0.05, 0.1) is 33.0 Å². The van der Waals surface area contributed by atoms with Gasteiger partial charge in [-0.15, -0.1) is 11.8 Å². The molecule has 0 spiro atoms. The summed E-state index contributed by atoms with van der Waals surface area (Å²) in [6.07, 6.45) is 2.08. The van der Waals surface area contributed by atoms with Gasteiger partial charge in [0.15, 0.2) is 0 Å². The van der Waals surface area contributed by atoms with E-state index in [1.807, 2.05) is 12.1 Å². The van der Waals surface area contributed by atoms with Crippen LogP contribution in [0.2, 0.25) is 0 Å². The van der Waals surface area contributed by atoms with Gasteiger partial charge in [0.1, 0.15) is 0 Å². The molecule has 1 aromatic rings. The van der Waals surface area contributed by atoms with E-state index in [9.17, 15) is 0 Å². The van der Waals surface area contributed by atoms with Gasteiger partial charge in [0, 0.05) is 24.2 Å². The number of thioether (sulfide) groups is 1. The van der Waals surface area contributed by atoms with Gasteiger partial charge in [-0.25, -0.2) is 0 Å². The average Bonchev–Trinajstić information content (AvgIpc) is 2.46. The Labute approximate surface area is 119 Å². The molecule has 0 heterocycles. The number of methoxy groups -OCH3 is 1. The third kappa shape index (κ3) is 7.42. The standard InChI is InChI=1S/C14H23NO3S/c1-16-9-10-18-12-11-17-8-7-15-13-5-3-4-6-14(13)19-2/h3-6,15H,7-12H2,1-2H3. The summed E-state index contributed by atoms with van der Waals surface area (Å²) in [6, 6.07) is 8.27. The van der Waals surface area contributed by atoms with Crippen molar-refractivity contribution >= 4 is 17.4 Å². The van der Waals surface area contributed by atoms with Crippen LogP contribution in [0, 0.1) is 0 Å². The highest BCUT2D eigenvalue weighted by Gasteiger charge is 1.98. The van der Waals surface area contributed by atoms with E-state index in [1.165, 1.54) is 4.90 Å². The molecule has 0 amide bonds. The van der Waals surface area contributed by atoms with Gasteiger partial charge in [0.2, 0.25) is 0 Å². The lowest BCUT2D eigenvalue weighted by Gasteiger charge is -2.10. The SMILES string of the molecule is COCCOCCOCCNc1ccccc1SC. The molecule has 1 rings (SSSR count). The van der Waals surface area contributed by atoms with E-state index in [1.54, 1.807) is 18.9 Å². The molecule has 0 saturated heterocycles. The summed E-state index contributed by atoms with van der Waals surface area (Å²) in [5, 5.41) is 3.37. The molecule has 0 saturated carbocycles. The van der Waals surface area contributed by atoms with Crippen LogP contribution in [0.5, 0.6) is 0 Å². The monoisotopic (exact) mass is 285 g/mol. The van der Waals surface area contributed by atoms with Crippen molar-refractivity contribution in [2.45, 2.75) is 4.90 Å². The summed E-state index contributed by atoms with van der Waals surface area (Å²) in [7, 11) is 1.66. The predicted octanol–water partition coefficient (Wildman–Crippen LogP) is 2.50. The topological polar surface area (TPSA) is 39.7 Å². The van der Waals surface area contributed by atoms with Crippen molar-refractivity contribution in [1.29, 1.82) is 0 Å². The van der Waals surface area contributed by atoms with Gasteiger partial charge in [-0.05, 0) is 18.4 Å². The molecule has 0 aliphatic rings. The van der Waals surface area contributed by atoms with Gasteiger partial charge in [0.25, 0.3) is 0 Å². The first-order valence-electron chi connectivity index (χ1n) is 6.39. The van der Waals surface area contributed by atoms with E-state index in [4.69, 9.17) is 14.2 Å². The average molecular weight is 285 g/mol. The van der Waals surface area contributed by atoms with Crippen LogP contribution in [-0.4, -0.2) is 52.9 Å². The number of nitrogens with one attached hydrogen (secondary N) is 1. The van der Waals surface area contributed by atoms with Crippen molar-refractivity contribution in [2.75, 3.05) is 58.3 Å². The lowest BCUT2D eigenvalue weighted by atomic mass is 10.3. The minimum atomic E-state index is 0.616. The summed E-state index contributed by atoms with van der Waals surface area (Å²) >= 11 is 1.74. The van der Waals surface area contributed by atoms with Gasteiger partial charge in [-0.1, -0.05) is 12.1 Å². The molecule has 1 aromatic carbocycles. The third-order valence-corrected chi connectivity index (χ3v) is 3.27. The fraction of sp³-hybridized carbons (Fsp3) is 0.571. The molecule has 108 valence electrons. The Hall–Kier alpha value is -0.750. The second-order valence-corrected chi connectivity index (χ2v) is 4.69. The molecule has 5 heteroatoms. The highest BCUT2D eigenvalue weighted by Crippen LogP contribution is 2.24. The molecular formula is C14H23NO3S. The van der Waals surface area contributed by atoms with Gasteiger partial charge >= 0.3 is 0 Å². The highest BCUT2D eigenvalue weighted by atomic mass is 32.2. The van der Waals surface area contributed by atoms with E-state index >= 15 is 0 Å². The van der Waals surface area contributed by atoms with E-state index in [-0.39, 0.29) is 0 Å². The second kappa shape index (κ2) is 11.1. The molecule has 4 nitrogen and oxygen atoms in total. The first kappa shape index (κ1) is 16.3. The maximum Gasteiger partial charge on any atom is 0.0701 e. The molecule has 0 aliphatic carbocycles. The summed E-state index contributed by atoms with van der Waals surface area (Å²) in [4.78, 5) is 1.25. The van der Waals surface area contributed by atoms with E-state index in [2.05, 4.69) is 23.7 Å². The van der Waals surface area contributed by atoms with E-state index in [0.717, 1.165) is 12.2 Å². The number of benzene rings is 1. The molecule has 0 aliphatic heterocycles. The number of anilines is 1. The first-order chi connectivity index (χ1) is 9.38. The highest BCUT2D eigenvalue weighted by molar-refractivity contribution is 7.98. The van der Waals surface area contributed by atoms with Crippen molar-refractivity contribution < 1.29 is 14.2 Å². The smallest absolute Gasteiger partial charge is 0.0701 e. The Kier molecular flexibility index (Phi) is 9.53. The Morgan fingerprint density at radius 2 is 1.68 bits per heavy atom. The molecule has 19 heavy (non-hydrogen) atoms. The van der Waals surface area contributed by atoms with Gasteiger partial charge < -0.3 is 19.5 Å². The van der Waals surface area contributed by atoms with Crippen LogP contribution < -0.4 is 5.32 Å². The minimum absolute atomic E-state index is 0.616. The Balaban J connectivity index is 2.01. The van der Waals surface area contributed by atoms with Crippen LogP contribution in [0.3, 0.4) is 0 Å². The predicted molar refractivity (Wildman–Crippen MR) is 80.2 cm³/mol. The maximum absolute atomic E-state index is 5.47. The van der Waals surface area contributed by atoms with Crippen molar-refractivity contribution in [2.24, 2.45) is 0 Å². The van der Waals surface area contributed by atoms with Crippen molar-refractivity contribution in [3.05, 3.63) is 24.3 Å². The lowest BCUT2D eigenvalue weighted by Crippen LogP contribution is -2.13. The maximum atomic E-state index is 5.47. The number of hydrogen-bond acceptors (Lipinski definition) is 5. The molecule has 0 bridgehead atoms. The first-order valence-corrected chi connectivity index (χ1v) is 7.62. The van der Waals surface area contributed by atoms with Crippen LogP contribution in [0.1, 0.15) is 0 Å². The number of rotatable bonds is 11. The Morgan fingerprint density at radius 1 is 1.00 bits per heavy atom. The molecule has 0 unspecified atom stereocenters. The van der Waals surface area contributed by atoms with Crippen molar-refractivity contribution in [3.63, 3.8) is 0 Å². The van der Waals surface area contributed by atoms with Crippen molar-refractivity contribution in [3.8, 4) is 0 Å². The molecule has 0 radical (unpaired) electrons. The second-order valence-electron chi connectivity index (χ2n) is 3.84. The Morgan fingerprint density at radius 3 is 2.42 bits per heavy atom. The zero-order chi connectivity index (χ0) is 13.8. The van der Waals surface area contributed by atoms with Crippen LogP contribution >= 0.6 is 11.8 Å². The number of ether oxygens (including phenoxy) is 3. The molecule has 1 N–H and O–H groups in total. The molecule has 0 aromatic heterocycles. The summed E-state index contributed by atoms with van der Waals surface area (Å²) in [5.74, 6) is 0. The van der Waals surface area contributed by atoms with Gasteiger partial charge in [-0.2, -0.15) is 0 Å². The minimum Gasteiger partial charge on any atom is -0.382 e. The molecule has 0 atom stereocenters. The fourth-order valence-electron chi connectivity index (χ4n) is 1.51. The summed E-state index contributed by atoms with van der Waals surface area (Å²) in [6.45, 7) is 3.97. The zero-order valence-corrected chi connectivity index (χ0v) is 12.5. The summed E-state index contributed by atoms with van der Waals surface area (Å²) < 4.78 is 15.7. The fourth-order valence-corrected chi connectivity index (χ4v) is 2.09. The van der Waals surface area contributed by atoms with Crippen molar-refractivity contribution in [1.82, 2.24) is 0 Å². The van der Waals surface area contributed by atoms with E-state index < -0.39 is 0 Å². The van der Waals surface area contributed by atoms with Crippen LogP contribution in [0.4, 0.5) is 5.69 Å². The van der Waals surface area contributed by atoms with Crippen LogP contribution in [0.15, 0.2) is 29.2 Å². The summed E-state index contributed by atoms with van der Waals surface area (Å²) in [5.41, 5.74) is 1.16. The largest absolute Gasteiger partial charge is 0.382 e. The normalized spacial score (nSPS) is 10.6. The number of para-hydroxylation sites is 1. The third-order valence-electron chi connectivity index (χ3n) is 2.47. The molecule has 0 fully saturated rings. The molecular weight excluding hydrogens is 262 g/mol. The van der Waals surface area contributed by atoms with E-state index in [0.29, 0.717) is 33.0 Å². The lowest BCUT2D eigenvalue weighted by molar-refractivity contribution is 0.0272. The van der Waals surface area contributed by atoms with Crippen LogP contribution in [-0.2, 0) is 14.2 Å². The number of hydrogen-bond donors (Lipinski definition) is 1. The zero-order valence-electron chi connectivity index (χ0n) is 11.7.